The number of carbonyl (C=O) groups is 1. The van der Waals surface area contributed by atoms with Crippen LogP contribution < -0.4 is 5.32 Å². The monoisotopic (exact) mass is 435 g/mol. The highest BCUT2D eigenvalue weighted by atomic mass is 16.5. The van der Waals surface area contributed by atoms with Crippen LogP contribution in [0, 0.1) is 0 Å². The lowest BCUT2D eigenvalue weighted by Crippen LogP contribution is -2.26. The average molecular weight is 436 g/mol. The Kier molecular flexibility index (Phi) is 6.02. The van der Waals surface area contributed by atoms with E-state index in [0.29, 0.717) is 19.6 Å². The molecule has 1 aromatic heterocycles. The van der Waals surface area contributed by atoms with Gasteiger partial charge in [-0.15, -0.1) is 0 Å². The first kappa shape index (κ1) is 20.8. The number of H-pyrrole nitrogens is 1. The minimum atomic E-state index is -0.386. The second kappa shape index (κ2) is 9.57. The van der Waals surface area contributed by atoms with Crippen molar-refractivity contribution in [1.82, 2.24) is 15.5 Å². The molecule has 2 N–H and O–H groups in total. The number of ether oxygens (including phenoxy) is 1. The van der Waals surface area contributed by atoms with Gasteiger partial charge in [-0.1, -0.05) is 84.9 Å². The molecule has 164 valence electrons. The maximum absolute atomic E-state index is 12.3. The van der Waals surface area contributed by atoms with Gasteiger partial charge in [0.15, 0.2) is 0 Å². The van der Waals surface area contributed by atoms with E-state index in [9.17, 15) is 4.79 Å². The molecule has 1 aliphatic rings. The van der Waals surface area contributed by atoms with Crippen LogP contribution in [0.15, 0.2) is 91.1 Å². The summed E-state index contributed by atoms with van der Waals surface area (Å²) in [6, 6.07) is 26.7. The largest absolute Gasteiger partial charge is 0.449 e. The van der Waals surface area contributed by atoms with Crippen LogP contribution in [0.3, 0.4) is 0 Å². The summed E-state index contributed by atoms with van der Waals surface area (Å²) in [5.74, 6) is 0.0713. The fourth-order valence-electron chi connectivity index (χ4n) is 4.41. The van der Waals surface area contributed by atoms with E-state index in [4.69, 9.17) is 4.74 Å². The van der Waals surface area contributed by atoms with Gasteiger partial charge in [-0.3, -0.25) is 5.10 Å². The molecule has 0 unspecified atom stereocenters. The van der Waals surface area contributed by atoms with E-state index in [1.807, 2.05) is 42.5 Å². The predicted molar refractivity (Wildman–Crippen MR) is 131 cm³/mol. The Bertz CT molecular complexity index is 1230. The summed E-state index contributed by atoms with van der Waals surface area (Å²) in [5.41, 5.74) is 8.05. The first-order chi connectivity index (χ1) is 16.3. The number of aromatic nitrogens is 2. The molecule has 0 spiro atoms. The molecule has 0 fully saturated rings. The number of hydrogen-bond acceptors (Lipinski definition) is 3. The van der Waals surface area contributed by atoms with Crippen LogP contribution in [0.2, 0.25) is 0 Å². The molecular formula is C28H25N3O2. The van der Waals surface area contributed by atoms with Gasteiger partial charge in [0, 0.05) is 24.2 Å². The third-order valence-corrected chi connectivity index (χ3v) is 5.97. The molecule has 0 radical (unpaired) electrons. The van der Waals surface area contributed by atoms with Gasteiger partial charge in [0.1, 0.15) is 6.61 Å². The Morgan fingerprint density at radius 2 is 1.58 bits per heavy atom. The predicted octanol–water partition coefficient (Wildman–Crippen LogP) is 6.02. The number of nitrogens with one attached hydrogen (secondary N) is 2. The SMILES string of the molecule is O=C(NCCC=Cc1ccccc1-c1ccn[nH]1)OCC1c2ccccc2-c2ccccc21. The number of alkyl carbamates (subject to hydrolysis) is 1. The number of nitrogens with zero attached hydrogens (tertiary/aromatic N) is 1. The molecule has 4 aromatic rings. The fraction of sp³-hybridized carbons (Fsp3) is 0.143. The van der Waals surface area contributed by atoms with Crippen molar-refractivity contribution < 1.29 is 9.53 Å². The normalized spacial score (nSPS) is 12.5. The van der Waals surface area contributed by atoms with E-state index in [1.165, 1.54) is 22.3 Å². The van der Waals surface area contributed by atoms with Gasteiger partial charge in [-0.05, 0) is 40.3 Å². The van der Waals surface area contributed by atoms with Crippen LogP contribution in [0.5, 0.6) is 0 Å². The third kappa shape index (κ3) is 4.44. The lowest BCUT2D eigenvalue weighted by atomic mass is 9.98. The van der Waals surface area contributed by atoms with Gasteiger partial charge in [0.05, 0.1) is 5.69 Å². The van der Waals surface area contributed by atoms with E-state index in [2.05, 4.69) is 64.1 Å². The van der Waals surface area contributed by atoms with Crippen LogP contribution in [0.25, 0.3) is 28.5 Å². The summed E-state index contributed by atoms with van der Waals surface area (Å²) in [6.07, 6.45) is 6.19. The summed E-state index contributed by atoms with van der Waals surface area (Å²) in [5, 5.41) is 9.89. The lowest BCUT2D eigenvalue weighted by Gasteiger charge is -2.14. The van der Waals surface area contributed by atoms with Crippen molar-refractivity contribution in [3.05, 3.63) is 108 Å². The summed E-state index contributed by atoms with van der Waals surface area (Å²) in [6.45, 7) is 0.840. The van der Waals surface area contributed by atoms with Crippen molar-refractivity contribution in [2.75, 3.05) is 13.2 Å². The zero-order valence-corrected chi connectivity index (χ0v) is 18.2. The fourth-order valence-corrected chi connectivity index (χ4v) is 4.41. The number of fused-ring (bicyclic) bond motifs is 3. The standard InChI is InChI=1S/C28H25N3O2/c32-28(29-17-8-7-10-20-9-1-2-11-21(20)27-16-18-30-31-27)33-19-26-24-14-5-3-12-22(24)23-13-4-6-15-25(23)26/h1-7,9-16,18,26H,8,17,19H2,(H,29,32)(H,30,31). The smallest absolute Gasteiger partial charge is 0.407 e. The molecule has 0 bridgehead atoms. The zero-order chi connectivity index (χ0) is 22.5. The number of rotatable bonds is 7. The molecule has 0 aliphatic heterocycles. The summed E-state index contributed by atoms with van der Waals surface area (Å²) in [7, 11) is 0. The molecular weight excluding hydrogens is 410 g/mol. The van der Waals surface area contributed by atoms with E-state index in [0.717, 1.165) is 16.8 Å². The van der Waals surface area contributed by atoms with Gasteiger partial charge in [-0.25, -0.2) is 4.79 Å². The second-order valence-electron chi connectivity index (χ2n) is 8.00. The van der Waals surface area contributed by atoms with Crippen LogP contribution >= 0.6 is 0 Å². The van der Waals surface area contributed by atoms with Gasteiger partial charge in [0.2, 0.25) is 0 Å². The van der Waals surface area contributed by atoms with Gasteiger partial charge >= 0.3 is 6.09 Å². The van der Waals surface area contributed by atoms with Crippen molar-refractivity contribution in [2.45, 2.75) is 12.3 Å². The minimum Gasteiger partial charge on any atom is -0.449 e. The molecule has 5 nitrogen and oxygen atoms in total. The Hall–Kier alpha value is -4.12. The van der Waals surface area contributed by atoms with Crippen molar-refractivity contribution in [3.63, 3.8) is 0 Å². The number of carbonyl (C=O) groups excluding carboxylic acids is 1. The van der Waals surface area contributed by atoms with E-state index >= 15 is 0 Å². The Morgan fingerprint density at radius 1 is 0.909 bits per heavy atom. The quantitative estimate of drug-likeness (QED) is 0.349. The van der Waals surface area contributed by atoms with Gasteiger partial charge < -0.3 is 10.1 Å². The second-order valence-corrected chi connectivity index (χ2v) is 8.00. The molecule has 0 saturated carbocycles. The molecule has 0 saturated heterocycles. The van der Waals surface area contributed by atoms with Crippen molar-refractivity contribution in [2.24, 2.45) is 0 Å². The van der Waals surface area contributed by atoms with Crippen molar-refractivity contribution >= 4 is 12.2 Å². The van der Waals surface area contributed by atoms with Crippen LogP contribution in [-0.2, 0) is 4.74 Å². The highest BCUT2D eigenvalue weighted by molar-refractivity contribution is 5.79. The Labute approximate surface area is 193 Å². The van der Waals surface area contributed by atoms with E-state index in [-0.39, 0.29) is 12.0 Å². The van der Waals surface area contributed by atoms with Gasteiger partial charge in [-0.2, -0.15) is 5.10 Å². The third-order valence-electron chi connectivity index (χ3n) is 5.97. The highest BCUT2D eigenvalue weighted by Gasteiger charge is 2.28. The van der Waals surface area contributed by atoms with Gasteiger partial charge in [0.25, 0.3) is 0 Å². The maximum atomic E-state index is 12.3. The van der Waals surface area contributed by atoms with Crippen LogP contribution in [-0.4, -0.2) is 29.4 Å². The maximum Gasteiger partial charge on any atom is 0.407 e. The number of aromatic amines is 1. The zero-order valence-electron chi connectivity index (χ0n) is 18.2. The van der Waals surface area contributed by atoms with Crippen molar-refractivity contribution in [1.29, 1.82) is 0 Å². The topological polar surface area (TPSA) is 67.0 Å². The van der Waals surface area contributed by atoms with E-state index in [1.54, 1.807) is 6.20 Å². The number of benzene rings is 3. The molecule has 1 heterocycles. The molecule has 1 aliphatic carbocycles. The summed E-state index contributed by atoms with van der Waals surface area (Å²) < 4.78 is 5.59. The minimum absolute atomic E-state index is 0.0713. The Balaban J connectivity index is 1.13. The molecule has 5 heteroatoms. The Morgan fingerprint density at radius 3 is 2.27 bits per heavy atom. The summed E-state index contributed by atoms with van der Waals surface area (Å²) >= 11 is 0. The van der Waals surface area contributed by atoms with E-state index < -0.39 is 0 Å². The lowest BCUT2D eigenvalue weighted by molar-refractivity contribution is 0.143. The average Bonchev–Trinajstić information content (AvgIpc) is 3.50. The molecule has 3 aromatic carbocycles. The van der Waals surface area contributed by atoms with Crippen LogP contribution in [0.1, 0.15) is 29.0 Å². The molecule has 1 amide bonds. The first-order valence-electron chi connectivity index (χ1n) is 11.2. The number of hydrogen-bond donors (Lipinski definition) is 2. The highest BCUT2D eigenvalue weighted by Crippen LogP contribution is 2.44. The number of amides is 1. The molecule has 5 rings (SSSR count). The van der Waals surface area contributed by atoms with Crippen LogP contribution in [0.4, 0.5) is 4.79 Å². The molecule has 33 heavy (non-hydrogen) atoms. The summed E-state index contributed by atoms with van der Waals surface area (Å²) in [4.78, 5) is 12.3. The first-order valence-corrected chi connectivity index (χ1v) is 11.2. The molecule has 0 atom stereocenters. The van der Waals surface area contributed by atoms with Crippen molar-refractivity contribution in [3.8, 4) is 22.4 Å².